The SMILES string of the molecule is O=c1c(-c2ccc(I)cc2)[n+]([O-])c2ccccc2n1OCc1ccccn1. The molecule has 0 N–H and O–H groups in total. The lowest BCUT2D eigenvalue weighted by atomic mass is 10.1. The van der Waals surface area contributed by atoms with Crippen LogP contribution < -0.4 is 15.1 Å². The molecule has 4 rings (SSSR count). The summed E-state index contributed by atoms with van der Waals surface area (Å²) in [5.74, 6) is 0. The minimum Gasteiger partial charge on any atom is -0.618 e. The van der Waals surface area contributed by atoms with Gasteiger partial charge in [0.15, 0.2) is 12.1 Å². The standard InChI is InChI=1S/C20H14IN3O3/c21-15-10-8-14(9-11-15)19-20(25)24(27-13-16-5-3-4-12-22-16)18-7-2-1-6-17(18)23(19)26/h1-12H,13H2. The van der Waals surface area contributed by atoms with Gasteiger partial charge in [-0.05, 0) is 65.1 Å². The van der Waals surface area contributed by atoms with Crippen LogP contribution in [0.1, 0.15) is 5.69 Å². The molecule has 134 valence electrons. The highest BCUT2D eigenvalue weighted by Gasteiger charge is 2.23. The fourth-order valence-electron chi connectivity index (χ4n) is 2.81. The van der Waals surface area contributed by atoms with E-state index in [-0.39, 0.29) is 12.3 Å². The third-order valence-corrected chi connectivity index (χ3v) is 4.81. The second-order valence-electron chi connectivity index (χ2n) is 5.83. The maximum absolute atomic E-state index is 13.1. The van der Waals surface area contributed by atoms with E-state index in [4.69, 9.17) is 4.84 Å². The largest absolute Gasteiger partial charge is 0.618 e. The van der Waals surface area contributed by atoms with Gasteiger partial charge in [0.1, 0.15) is 0 Å². The highest BCUT2D eigenvalue weighted by Crippen LogP contribution is 2.17. The van der Waals surface area contributed by atoms with Crippen molar-refractivity contribution in [3.05, 3.63) is 97.8 Å². The molecule has 0 atom stereocenters. The molecule has 0 aliphatic heterocycles. The van der Waals surface area contributed by atoms with Crippen LogP contribution in [0.15, 0.2) is 77.7 Å². The molecule has 4 aromatic rings. The van der Waals surface area contributed by atoms with Crippen LogP contribution >= 0.6 is 22.6 Å². The Morgan fingerprint density at radius 1 is 1.04 bits per heavy atom. The zero-order valence-corrected chi connectivity index (χ0v) is 16.2. The molecule has 0 saturated heterocycles. The quantitative estimate of drug-likeness (QED) is 0.261. The summed E-state index contributed by atoms with van der Waals surface area (Å²) in [6.07, 6.45) is 1.66. The van der Waals surface area contributed by atoms with Gasteiger partial charge in [-0.25, -0.2) is 0 Å². The minimum atomic E-state index is -0.513. The van der Waals surface area contributed by atoms with Crippen molar-refractivity contribution in [1.82, 2.24) is 9.71 Å². The van der Waals surface area contributed by atoms with Crippen LogP contribution in [0.2, 0.25) is 0 Å². The summed E-state index contributed by atoms with van der Waals surface area (Å²) in [6, 6.07) is 19.5. The molecule has 6 nitrogen and oxygen atoms in total. The number of halogens is 1. The van der Waals surface area contributed by atoms with Crippen molar-refractivity contribution in [2.24, 2.45) is 0 Å². The Morgan fingerprint density at radius 2 is 1.78 bits per heavy atom. The molecule has 2 heterocycles. The second-order valence-corrected chi connectivity index (χ2v) is 7.08. The van der Waals surface area contributed by atoms with Crippen molar-refractivity contribution < 1.29 is 9.57 Å². The number of benzene rings is 2. The number of rotatable bonds is 4. The van der Waals surface area contributed by atoms with E-state index in [9.17, 15) is 10.0 Å². The monoisotopic (exact) mass is 471 g/mol. The van der Waals surface area contributed by atoms with Gasteiger partial charge in [-0.15, -0.1) is 4.73 Å². The summed E-state index contributed by atoms with van der Waals surface area (Å²) in [7, 11) is 0. The Hall–Kier alpha value is -2.94. The molecule has 0 aliphatic rings. The topological polar surface area (TPSA) is 71.1 Å². The first-order valence-electron chi connectivity index (χ1n) is 8.21. The van der Waals surface area contributed by atoms with Gasteiger partial charge < -0.3 is 10.0 Å². The molecule has 27 heavy (non-hydrogen) atoms. The fourth-order valence-corrected chi connectivity index (χ4v) is 3.17. The van der Waals surface area contributed by atoms with Gasteiger partial charge in [0.25, 0.3) is 5.69 Å². The Bertz CT molecular complexity index is 1160. The molecule has 0 spiro atoms. The normalized spacial score (nSPS) is 10.9. The Morgan fingerprint density at radius 3 is 2.52 bits per heavy atom. The molecular weight excluding hydrogens is 457 g/mol. The predicted octanol–water partition coefficient (Wildman–Crippen LogP) is 2.93. The Kier molecular flexibility index (Phi) is 4.76. The van der Waals surface area contributed by atoms with E-state index >= 15 is 0 Å². The summed E-state index contributed by atoms with van der Waals surface area (Å²) in [5, 5.41) is 12.9. The van der Waals surface area contributed by atoms with E-state index in [1.807, 2.05) is 30.3 Å². The van der Waals surface area contributed by atoms with Crippen LogP contribution in [0.4, 0.5) is 0 Å². The van der Waals surface area contributed by atoms with Gasteiger partial charge in [-0.1, -0.05) is 18.2 Å². The van der Waals surface area contributed by atoms with Crippen molar-refractivity contribution >= 4 is 33.6 Å². The zero-order chi connectivity index (χ0) is 18.8. The molecule has 0 aliphatic carbocycles. The van der Waals surface area contributed by atoms with Crippen molar-refractivity contribution in [2.75, 3.05) is 0 Å². The summed E-state index contributed by atoms with van der Waals surface area (Å²) in [6.45, 7) is 0.111. The zero-order valence-electron chi connectivity index (χ0n) is 14.1. The van der Waals surface area contributed by atoms with E-state index in [1.165, 1.54) is 4.73 Å². The molecule has 2 aromatic carbocycles. The van der Waals surface area contributed by atoms with Crippen LogP contribution in [-0.2, 0) is 6.61 Å². The molecule has 0 saturated carbocycles. The maximum atomic E-state index is 13.1. The van der Waals surface area contributed by atoms with E-state index in [1.54, 1.807) is 42.6 Å². The van der Waals surface area contributed by atoms with Crippen LogP contribution in [0.25, 0.3) is 22.3 Å². The molecule has 2 aromatic heterocycles. The third kappa shape index (κ3) is 3.37. The number of aromatic nitrogens is 3. The third-order valence-electron chi connectivity index (χ3n) is 4.09. The van der Waals surface area contributed by atoms with Gasteiger partial charge in [-0.3, -0.25) is 9.78 Å². The number of nitrogens with zero attached hydrogens (tertiary/aromatic N) is 3. The lowest BCUT2D eigenvalue weighted by Gasteiger charge is -2.14. The summed E-state index contributed by atoms with van der Waals surface area (Å²) >= 11 is 2.17. The molecule has 0 bridgehead atoms. The first-order valence-corrected chi connectivity index (χ1v) is 9.29. The van der Waals surface area contributed by atoms with Crippen LogP contribution in [-0.4, -0.2) is 9.71 Å². The van der Waals surface area contributed by atoms with E-state index in [0.29, 0.717) is 27.0 Å². The Balaban J connectivity index is 1.89. The van der Waals surface area contributed by atoms with Gasteiger partial charge in [0.05, 0.1) is 11.3 Å². The molecule has 0 amide bonds. The average Bonchev–Trinajstić information content (AvgIpc) is 2.70. The van der Waals surface area contributed by atoms with Crippen molar-refractivity contribution in [3.63, 3.8) is 0 Å². The van der Waals surface area contributed by atoms with Gasteiger partial charge in [0.2, 0.25) is 5.52 Å². The van der Waals surface area contributed by atoms with Gasteiger partial charge in [-0.2, -0.15) is 4.73 Å². The predicted molar refractivity (Wildman–Crippen MR) is 110 cm³/mol. The summed E-state index contributed by atoms with van der Waals surface area (Å²) < 4.78 is 2.85. The Labute approximate surface area is 168 Å². The first-order chi connectivity index (χ1) is 13.1. The minimum absolute atomic E-state index is 0.0196. The number of para-hydroxylation sites is 2. The van der Waals surface area contributed by atoms with Crippen LogP contribution in [0, 0.1) is 8.78 Å². The van der Waals surface area contributed by atoms with E-state index in [0.717, 1.165) is 3.57 Å². The number of hydrogen-bond acceptors (Lipinski definition) is 4. The highest BCUT2D eigenvalue weighted by molar-refractivity contribution is 14.1. The molecule has 0 radical (unpaired) electrons. The number of pyridine rings is 1. The average molecular weight is 471 g/mol. The smallest absolute Gasteiger partial charge is 0.357 e. The van der Waals surface area contributed by atoms with Crippen LogP contribution in [0.5, 0.6) is 0 Å². The number of hydrogen-bond donors (Lipinski definition) is 0. The lowest BCUT2D eigenvalue weighted by molar-refractivity contribution is -0.566. The van der Waals surface area contributed by atoms with Gasteiger partial charge >= 0.3 is 5.56 Å². The second kappa shape index (κ2) is 7.36. The molecule has 0 unspecified atom stereocenters. The van der Waals surface area contributed by atoms with Crippen LogP contribution in [0.3, 0.4) is 0 Å². The summed E-state index contributed by atoms with van der Waals surface area (Å²) in [5.41, 5.74) is 1.49. The molecule has 7 heteroatoms. The maximum Gasteiger partial charge on any atom is 0.357 e. The van der Waals surface area contributed by atoms with Gasteiger partial charge in [0, 0.05) is 15.8 Å². The van der Waals surface area contributed by atoms with Crippen molar-refractivity contribution in [1.29, 1.82) is 0 Å². The molecular formula is C20H14IN3O3. The highest BCUT2D eigenvalue weighted by atomic mass is 127. The van der Waals surface area contributed by atoms with Crippen molar-refractivity contribution in [3.8, 4) is 11.3 Å². The number of fused-ring (bicyclic) bond motifs is 1. The fraction of sp³-hybridized carbons (Fsp3) is 0.0500. The van der Waals surface area contributed by atoms with Crippen molar-refractivity contribution in [2.45, 2.75) is 6.61 Å². The first kappa shape index (κ1) is 17.5. The van der Waals surface area contributed by atoms with E-state index < -0.39 is 5.56 Å². The molecule has 0 fully saturated rings. The lowest BCUT2D eigenvalue weighted by Crippen LogP contribution is -2.42. The summed E-state index contributed by atoms with van der Waals surface area (Å²) in [4.78, 5) is 23.1. The van der Waals surface area contributed by atoms with E-state index in [2.05, 4.69) is 27.6 Å².